The zero-order valence-electron chi connectivity index (χ0n) is 12.2. The molecule has 3 heteroatoms. The van der Waals surface area contributed by atoms with Crippen molar-refractivity contribution in [1.29, 1.82) is 0 Å². The highest BCUT2D eigenvalue weighted by Crippen LogP contribution is 2.16. The van der Waals surface area contributed by atoms with Gasteiger partial charge in [-0.1, -0.05) is 27.2 Å². The molecule has 0 saturated carbocycles. The van der Waals surface area contributed by atoms with Crippen molar-refractivity contribution < 1.29 is 9.15 Å². The summed E-state index contributed by atoms with van der Waals surface area (Å²) in [5, 5.41) is 3.26. The Labute approximate surface area is 111 Å². The Hall–Kier alpha value is -0.800. The van der Waals surface area contributed by atoms with E-state index in [1.807, 2.05) is 6.92 Å². The first kappa shape index (κ1) is 15.3. The van der Waals surface area contributed by atoms with Crippen LogP contribution in [0.3, 0.4) is 0 Å². The summed E-state index contributed by atoms with van der Waals surface area (Å²) in [5.74, 6) is 2.61. The third-order valence-electron chi connectivity index (χ3n) is 3.06. The molecule has 0 aliphatic carbocycles. The number of hydrogen-bond acceptors (Lipinski definition) is 3. The zero-order valence-corrected chi connectivity index (χ0v) is 12.2. The topological polar surface area (TPSA) is 34.4 Å². The van der Waals surface area contributed by atoms with Gasteiger partial charge in [-0.3, -0.25) is 0 Å². The van der Waals surface area contributed by atoms with Crippen LogP contribution in [0.15, 0.2) is 10.5 Å². The number of furan rings is 1. The van der Waals surface area contributed by atoms with Crippen molar-refractivity contribution in [2.75, 3.05) is 13.2 Å². The van der Waals surface area contributed by atoms with Crippen molar-refractivity contribution in [2.45, 2.75) is 53.7 Å². The van der Waals surface area contributed by atoms with Gasteiger partial charge in [0.1, 0.15) is 11.5 Å². The average molecular weight is 253 g/mol. The van der Waals surface area contributed by atoms with E-state index in [0.29, 0.717) is 12.5 Å². The van der Waals surface area contributed by atoms with E-state index in [-0.39, 0.29) is 0 Å². The molecule has 1 unspecified atom stereocenters. The summed E-state index contributed by atoms with van der Waals surface area (Å²) in [6.45, 7) is 11.8. The van der Waals surface area contributed by atoms with Gasteiger partial charge in [0.05, 0.1) is 13.2 Å². The van der Waals surface area contributed by atoms with Crippen molar-refractivity contribution in [3.63, 3.8) is 0 Å². The molecule has 0 bridgehead atoms. The molecule has 0 aromatic carbocycles. The number of nitrogens with one attached hydrogen (secondary N) is 1. The van der Waals surface area contributed by atoms with Crippen LogP contribution in [0.5, 0.6) is 0 Å². The molecule has 0 fully saturated rings. The van der Waals surface area contributed by atoms with Gasteiger partial charge in [0.15, 0.2) is 0 Å². The maximum atomic E-state index is 5.75. The molecule has 3 nitrogen and oxygen atoms in total. The normalized spacial score (nSPS) is 12.9. The highest BCUT2D eigenvalue weighted by Gasteiger charge is 2.08. The summed E-state index contributed by atoms with van der Waals surface area (Å²) in [5.41, 5.74) is 1.17. The first-order valence-corrected chi connectivity index (χ1v) is 7.04. The van der Waals surface area contributed by atoms with Gasteiger partial charge in [0.25, 0.3) is 0 Å². The standard InChI is InChI=1S/C15H27NO2/c1-5-7-12(3)10-17-11-14-8-15(9-16-6-2)18-13(14)4/h8,12,16H,5-7,9-11H2,1-4H3. The zero-order chi connectivity index (χ0) is 13.4. The third kappa shape index (κ3) is 5.23. The largest absolute Gasteiger partial charge is 0.465 e. The van der Waals surface area contributed by atoms with Gasteiger partial charge < -0.3 is 14.5 Å². The summed E-state index contributed by atoms with van der Waals surface area (Å²) >= 11 is 0. The van der Waals surface area contributed by atoms with Crippen LogP contribution < -0.4 is 5.32 Å². The molecular formula is C15H27NO2. The predicted octanol–water partition coefficient (Wildman–Crippen LogP) is 3.65. The molecular weight excluding hydrogens is 226 g/mol. The maximum absolute atomic E-state index is 5.75. The van der Waals surface area contributed by atoms with Crippen molar-refractivity contribution in [3.8, 4) is 0 Å². The molecule has 0 aliphatic rings. The molecule has 1 aromatic rings. The van der Waals surface area contributed by atoms with Gasteiger partial charge in [-0.05, 0) is 31.9 Å². The Balaban J connectivity index is 2.35. The number of hydrogen-bond donors (Lipinski definition) is 1. The average Bonchev–Trinajstić information content (AvgIpc) is 2.68. The van der Waals surface area contributed by atoms with E-state index in [1.54, 1.807) is 0 Å². The van der Waals surface area contributed by atoms with Crippen LogP contribution in [0.4, 0.5) is 0 Å². The molecule has 0 saturated heterocycles. The highest BCUT2D eigenvalue weighted by atomic mass is 16.5. The van der Waals surface area contributed by atoms with Gasteiger partial charge in [0.2, 0.25) is 0 Å². The second kappa shape index (κ2) is 8.33. The maximum Gasteiger partial charge on any atom is 0.118 e. The Morgan fingerprint density at radius 1 is 1.39 bits per heavy atom. The molecule has 0 amide bonds. The lowest BCUT2D eigenvalue weighted by molar-refractivity contribution is 0.0886. The monoisotopic (exact) mass is 253 g/mol. The van der Waals surface area contributed by atoms with Crippen LogP contribution >= 0.6 is 0 Å². The fourth-order valence-electron chi connectivity index (χ4n) is 2.01. The Morgan fingerprint density at radius 3 is 2.83 bits per heavy atom. The van der Waals surface area contributed by atoms with Gasteiger partial charge in [0, 0.05) is 12.2 Å². The SMILES string of the molecule is CCCC(C)COCc1cc(CNCC)oc1C. The van der Waals surface area contributed by atoms with Crippen molar-refractivity contribution >= 4 is 0 Å². The highest BCUT2D eigenvalue weighted by molar-refractivity contribution is 5.19. The van der Waals surface area contributed by atoms with Crippen LogP contribution in [-0.2, 0) is 17.9 Å². The predicted molar refractivity (Wildman–Crippen MR) is 74.6 cm³/mol. The summed E-state index contributed by atoms with van der Waals surface area (Å²) in [7, 11) is 0. The minimum Gasteiger partial charge on any atom is -0.465 e. The lowest BCUT2D eigenvalue weighted by Gasteiger charge is -2.10. The van der Waals surface area contributed by atoms with E-state index in [1.165, 1.54) is 18.4 Å². The first-order chi connectivity index (χ1) is 8.67. The van der Waals surface area contributed by atoms with E-state index < -0.39 is 0 Å². The summed E-state index contributed by atoms with van der Waals surface area (Å²) in [6.07, 6.45) is 2.46. The van der Waals surface area contributed by atoms with E-state index >= 15 is 0 Å². The Kier molecular flexibility index (Phi) is 7.06. The number of ether oxygens (including phenoxy) is 1. The van der Waals surface area contributed by atoms with E-state index in [4.69, 9.17) is 9.15 Å². The molecule has 104 valence electrons. The van der Waals surface area contributed by atoms with Gasteiger partial charge in [-0.15, -0.1) is 0 Å². The van der Waals surface area contributed by atoms with Gasteiger partial charge >= 0.3 is 0 Å². The van der Waals surface area contributed by atoms with Crippen LogP contribution in [0, 0.1) is 12.8 Å². The lowest BCUT2D eigenvalue weighted by atomic mass is 10.1. The molecule has 1 N–H and O–H groups in total. The van der Waals surface area contributed by atoms with Crippen LogP contribution in [0.2, 0.25) is 0 Å². The van der Waals surface area contributed by atoms with Crippen LogP contribution in [0.25, 0.3) is 0 Å². The number of rotatable bonds is 9. The minimum absolute atomic E-state index is 0.642. The molecule has 1 atom stereocenters. The van der Waals surface area contributed by atoms with E-state index in [0.717, 1.165) is 31.2 Å². The first-order valence-electron chi connectivity index (χ1n) is 7.04. The van der Waals surface area contributed by atoms with E-state index in [9.17, 15) is 0 Å². The van der Waals surface area contributed by atoms with Crippen LogP contribution in [0.1, 0.15) is 50.7 Å². The third-order valence-corrected chi connectivity index (χ3v) is 3.06. The van der Waals surface area contributed by atoms with Gasteiger partial charge in [-0.2, -0.15) is 0 Å². The summed E-state index contributed by atoms with van der Waals surface area (Å²) < 4.78 is 11.4. The van der Waals surface area contributed by atoms with E-state index in [2.05, 4.69) is 32.2 Å². The fourth-order valence-corrected chi connectivity index (χ4v) is 2.01. The molecule has 1 aromatic heterocycles. The smallest absolute Gasteiger partial charge is 0.118 e. The van der Waals surface area contributed by atoms with Crippen molar-refractivity contribution in [3.05, 3.63) is 23.2 Å². The molecule has 1 heterocycles. The summed E-state index contributed by atoms with van der Waals surface area (Å²) in [4.78, 5) is 0. The Bertz CT molecular complexity index is 333. The Morgan fingerprint density at radius 2 is 2.17 bits per heavy atom. The summed E-state index contributed by atoms with van der Waals surface area (Å²) in [6, 6.07) is 2.10. The van der Waals surface area contributed by atoms with Crippen molar-refractivity contribution in [1.82, 2.24) is 5.32 Å². The van der Waals surface area contributed by atoms with Crippen molar-refractivity contribution in [2.24, 2.45) is 5.92 Å². The second-order valence-corrected chi connectivity index (χ2v) is 4.98. The molecule has 18 heavy (non-hydrogen) atoms. The molecule has 0 aliphatic heterocycles. The van der Waals surface area contributed by atoms with Crippen LogP contribution in [-0.4, -0.2) is 13.2 Å². The quantitative estimate of drug-likeness (QED) is 0.729. The van der Waals surface area contributed by atoms with Gasteiger partial charge in [-0.25, -0.2) is 0 Å². The fraction of sp³-hybridized carbons (Fsp3) is 0.733. The molecule has 1 rings (SSSR count). The molecule has 0 radical (unpaired) electrons. The number of aryl methyl sites for hydroxylation is 1. The minimum atomic E-state index is 0.642. The lowest BCUT2D eigenvalue weighted by Crippen LogP contribution is -2.10. The molecule has 0 spiro atoms. The second-order valence-electron chi connectivity index (χ2n) is 4.98.